The minimum absolute atomic E-state index is 0.769. The van der Waals surface area contributed by atoms with Crippen molar-refractivity contribution >= 4 is 13.7 Å². The highest BCUT2D eigenvalue weighted by Gasteiger charge is 2.11. The molecule has 2 nitrogen and oxygen atoms in total. The van der Waals surface area contributed by atoms with Gasteiger partial charge in [0.15, 0.2) is 0 Å². The number of rotatable bonds is 9. The van der Waals surface area contributed by atoms with Crippen LogP contribution in [0.1, 0.15) is 50.7 Å². The van der Waals surface area contributed by atoms with Crippen LogP contribution in [0.3, 0.4) is 0 Å². The summed E-state index contributed by atoms with van der Waals surface area (Å²) in [5.74, 6) is 0.769. The lowest BCUT2D eigenvalue weighted by atomic mass is 9.99. The number of hydrogen-bond acceptors (Lipinski definition) is 2. The zero-order valence-electron chi connectivity index (χ0n) is 14.2. The molecule has 3 heteroatoms. The van der Waals surface area contributed by atoms with Crippen molar-refractivity contribution < 1.29 is 9.42 Å². The Balaban J connectivity index is 2.04. The van der Waals surface area contributed by atoms with Gasteiger partial charge in [0.25, 0.3) is 8.38 Å². The molecule has 0 aliphatic heterocycles. The van der Waals surface area contributed by atoms with Crippen LogP contribution in [-0.2, 0) is 12.8 Å². The lowest BCUT2D eigenvalue weighted by Gasteiger charge is -2.15. The molecule has 124 valence electrons. The number of benzene rings is 2. The van der Waals surface area contributed by atoms with Crippen LogP contribution >= 0.6 is 8.38 Å². The van der Waals surface area contributed by atoms with Crippen molar-refractivity contribution in [3.05, 3.63) is 59.7 Å². The molecule has 1 N–H and O–H groups in total. The van der Waals surface area contributed by atoms with E-state index in [1.807, 2.05) is 36.4 Å². The Morgan fingerprint density at radius 2 is 1.70 bits per heavy atom. The molecule has 2 rings (SSSR count). The molecule has 1 unspecified atom stereocenters. The van der Waals surface area contributed by atoms with Crippen LogP contribution in [0.4, 0.5) is 0 Å². The Morgan fingerprint density at radius 1 is 0.913 bits per heavy atom. The summed E-state index contributed by atoms with van der Waals surface area (Å²) in [5, 5.41) is 0.839. The van der Waals surface area contributed by atoms with Gasteiger partial charge in [0.1, 0.15) is 5.75 Å². The van der Waals surface area contributed by atoms with Crippen molar-refractivity contribution in [2.24, 2.45) is 0 Å². The van der Waals surface area contributed by atoms with Crippen LogP contribution < -0.4 is 9.83 Å². The molecule has 0 saturated heterocycles. The second-order valence-electron chi connectivity index (χ2n) is 5.79. The van der Waals surface area contributed by atoms with Gasteiger partial charge in [-0.15, -0.1) is 0 Å². The summed E-state index contributed by atoms with van der Waals surface area (Å²) in [6.07, 6.45) is 7.19. The van der Waals surface area contributed by atoms with Gasteiger partial charge in [0.05, 0.1) is 0 Å². The number of unbranched alkanes of at least 4 members (excludes halogenated alkanes) is 3. The van der Waals surface area contributed by atoms with E-state index in [1.54, 1.807) is 0 Å². The maximum atomic E-state index is 10.3. The van der Waals surface area contributed by atoms with E-state index < -0.39 is 8.38 Å². The van der Waals surface area contributed by atoms with Crippen molar-refractivity contribution in [3.8, 4) is 5.75 Å². The second-order valence-corrected chi connectivity index (χ2v) is 7.04. The molecule has 2 aromatic carbocycles. The maximum absolute atomic E-state index is 10.3. The second kappa shape index (κ2) is 9.70. The summed E-state index contributed by atoms with van der Waals surface area (Å²) < 4.78 is 5.79. The molecule has 0 radical (unpaired) electrons. The largest absolute Gasteiger partial charge is 0.444 e. The molecular formula is C20H27O2P. The van der Waals surface area contributed by atoms with Gasteiger partial charge in [-0.05, 0) is 54.7 Å². The molecule has 23 heavy (non-hydrogen) atoms. The normalized spacial score (nSPS) is 12.1. The standard InChI is InChI=1S/C20H27O2P/c1-3-5-6-8-11-18-16-19(15-14-17(18)4-2)22-23(21)20-12-9-7-10-13-20/h7,9-10,12-16,21H,3-6,8,11H2,1-2H3. The minimum Gasteiger partial charge on any atom is -0.444 e. The summed E-state index contributed by atoms with van der Waals surface area (Å²) >= 11 is 0. The fourth-order valence-electron chi connectivity index (χ4n) is 2.69. The summed E-state index contributed by atoms with van der Waals surface area (Å²) in [7, 11) is -1.60. The van der Waals surface area contributed by atoms with Crippen molar-refractivity contribution in [3.63, 3.8) is 0 Å². The molecule has 0 heterocycles. The van der Waals surface area contributed by atoms with Crippen LogP contribution in [-0.4, -0.2) is 4.89 Å². The highest BCUT2D eigenvalue weighted by Crippen LogP contribution is 2.34. The first kappa shape index (κ1) is 18.0. The average molecular weight is 330 g/mol. The first-order chi connectivity index (χ1) is 11.2. The Morgan fingerprint density at radius 3 is 2.39 bits per heavy atom. The Kier molecular flexibility index (Phi) is 7.58. The molecular weight excluding hydrogens is 303 g/mol. The van der Waals surface area contributed by atoms with Crippen LogP contribution in [0.5, 0.6) is 5.75 Å². The smallest absolute Gasteiger partial charge is 0.262 e. The first-order valence-electron chi connectivity index (χ1n) is 8.58. The molecule has 0 aliphatic carbocycles. The van der Waals surface area contributed by atoms with E-state index in [-0.39, 0.29) is 0 Å². The maximum Gasteiger partial charge on any atom is 0.262 e. The lowest BCUT2D eigenvalue weighted by molar-refractivity contribution is 0.498. The van der Waals surface area contributed by atoms with Crippen molar-refractivity contribution in [2.75, 3.05) is 0 Å². The van der Waals surface area contributed by atoms with Crippen LogP contribution in [0.25, 0.3) is 0 Å². The highest BCUT2D eigenvalue weighted by molar-refractivity contribution is 7.55. The molecule has 0 spiro atoms. The molecule has 2 aromatic rings. The van der Waals surface area contributed by atoms with Gasteiger partial charge in [-0.2, -0.15) is 0 Å². The van der Waals surface area contributed by atoms with Gasteiger partial charge in [-0.3, -0.25) is 0 Å². The zero-order chi connectivity index (χ0) is 16.5. The van der Waals surface area contributed by atoms with Crippen LogP contribution in [0, 0.1) is 0 Å². The van der Waals surface area contributed by atoms with Crippen LogP contribution in [0.2, 0.25) is 0 Å². The van der Waals surface area contributed by atoms with E-state index in [0.29, 0.717) is 0 Å². The molecule has 0 bridgehead atoms. The third kappa shape index (κ3) is 5.64. The van der Waals surface area contributed by atoms with E-state index in [0.717, 1.165) is 23.9 Å². The summed E-state index contributed by atoms with van der Waals surface area (Å²) in [5.41, 5.74) is 2.74. The predicted octanol–water partition coefficient (Wildman–Crippen LogP) is 5.38. The quantitative estimate of drug-likeness (QED) is 0.494. The van der Waals surface area contributed by atoms with Gasteiger partial charge in [0.2, 0.25) is 0 Å². The fraction of sp³-hybridized carbons (Fsp3) is 0.400. The summed E-state index contributed by atoms with van der Waals surface area (Å²) in [6, 6.07) is 15.8. The van der Waals surface area contributed by atoms with E-state index in [2.05, 4.69) is 26.0 Å². The van der Waals surface area contributed by atoms with Gasteiger partial charge >= 0.3 is 0 Å². The van der Waals surface area contributed by atoms with E-state index in [1.165, 1.54) is 36.8 Å². The van der Waals surface area contributed by atoms with Gasteiger partial charge in [0, 0.05) is 5.30 Å². The van der Waals surface area contributed by atoms with Crippen molar-refractivity contribution in [2.45, 2.75) is 52.4 Å². The van der Waals surface area contributed by atoms with Gasteiger partial charge in [-0.25, -0.2) is 0 Å². The Bertz CT molecular complexity index is 583. The van der Waals surface area contributed by atoms with E-state index >= 15 is 0 Å². The fourth-order valence-corrected chi connectivity index (χ4v) is 3.53. The van der Waals surface area contributed by atoms with Gasteiger partial charge in [-0.1, -0.05) is 57.4 Å². The van der Waals surface area contributed by atoms with Crippen molar-refractivity contribution in [1.82, 2.24) is 0 Å². The molecule has 0 fully saturated rings. The third-order valence-electron chi connectivity index (χ3n) is 4.03. The van der Waals surface area contributed by atoms with Crippen LogP contribution in [0.15, 0.2) is 48.5 Å². The lowest BCUT2D eigenvalue weighted by Crippen LogP contribution is -2.04. The zero-order valence-corrected chi connectivity index (χ0v) is 15.1. The minimum atomic E-state index is -1.60. The summed E-state index contributed by atoms with van der Waals surface area (Å²) in [4.78, 5) is 10.3. The topological polar surface area (TPSA) is 29.5 Å². The number of hydrogen-bond donors (Lipinski definition) is 1. The van der Waals surface area contributed by atoms with Gasteiger partial charge < -0.3 is 9.42 Å². The predicted molar refractivity (Wildman–Crippen MR) is 99.5 cm³/mol. The van der Waals surface area contributed by atoms with Crippen molar-refractivity contribution in [1.29, 1.82) is 0 Å². The van der Waals surface area contributed by atoms with E-state index in [9.17, 15) is 4.89 Å². The molecule has 1 atom stereocenters. The Hall–Kier alpha value is -1.37. The Labute approximate surface area is 141 Å². The van der Waals surface area contributed by atoms with E-state index in [4.69, 9.17) is 4.52 Å². The highest BCUT2D eigenvalue weighted by atomic mass is 31.2. The third-order valence-corrected chi connectivity index (χ3v) is 5.15. The SMILES string of the molecule is CCCCCCc1cc(OP(O)c2ccccc2)ccc1CC. The summed E-state index contributed by atoms with van der Waals surface area (Å²) in [6.45, 7) is 4.42. The molecule has 0 saturated carbocycles. The average Bonchev–Trinajstić information content (AvgIpc) is 2.59. The first-order valence-corrected chi connectivity index (χ1v) is 9.79. The molecule has 0 aliphatic rings. The molecule has 0 amide bonds. The number of aryl methyl sites for hydroxylation is 2. The monoisotopic (exact) mass is 330 g/mol. The molecule has 0 aromatic heterocycles.